The lowest BCUT2D eigenvalue weighted by molar-refractivity contribution is 0.605. The van der Waals surface area contributed by atoms with E-state index in [4.69, 9.17) is 0 Å². The fourth-order valence-electron chi connectivity index (χ4n) is 1.90. The highest BCUT2D eigenvalue weighted by molar-refractivity contribution is 7.12. The van der Waals surface area contributed by atoms with Crippen molar-refractivity contribution in [3.05, 3.63) is 46.2 Å². The zero-order valence-electron chi connectivity index (χ0n) is 10.4. The van der Waals surface area contributed by atoms with E-state index in [1.165, 1.54) is 20.9 Å². The summed E-state index contributed by atoms with van der Waals surface area (Å²) < 4.78 is 0. The molecule has 0 saturated heterocycles. The molecule has 0 spiro atoms. The third-order valence-electron chi connectivity index (χ3n) is 2.62. The minimum Gasteiger partial charge on any atom is -0.144 e. The maximum Gasteiger partial charge on any atom is 0.0180 e. The Bertz CT molecular complexity index is 472. The van der Waals surface area contributed by atoms with E-state index in [2.05, 4.69) is 64.1 Å². The van der Waals surface area contributed by atoms with Gasteiger partial charge in [-0.05, 0) is 29.5 Å². The smallest absolute Gasteiger partial charge is 0.0180 e. The molecular formula is C15H18S. The molecule has 84 valence electrons. The van der Waals surface area contributed by atoms with Crippen molar-refractivity contribution in [2.24, 2.45) is 0 Å². The van der Waals surface area contributed by atoms with Crippen molar-refractivity contribution in [2.45, 2.75) is 33.1 Å². The molecule has 0 aliphatic heterocycles. The molecule has 0 unspecified atom stereocenters. The van der Waals surface area contributed by atoms with Gasteiger partial charge in [0.2, 0.25) is 0 Å². The van der Waals surface area contributed by atoms with Gasteiger partial charge in [0, 0.05) is 9.75 Å². The third kappa shape index (κ3) is 2.19. The van der Waals surface area contributed by atoms with E-state index in [0.717, 1.165) is 0 Å². The normalized spacial score (nSPS) is 11.8. The Morgan fingerprint density at radius 2 is 1.62 bits per heavy atom. The number of aryl methyl sites for hydroxylation is 1. The summed E-state index contributed by atoms with van der Waals surface area (Å²) in [5, 5.41) is 0. The van der Waals surface area contributed by atoms with Gasteiger partial charge in [0.1, 0.15) is 0 Å². The fraction of sp³-hybridized carbons (Fsp3) is 0.333. The van der Waals surface area contributed by atoms with Crippen LogP contribution in [0.15, 0.2) is 36.4 Å². The van der Waals surface area contributed by atoms with Crippen molar-refractivity contribution in [2.75, 3.05) is 0 Å². The molecule has 1 aromatic carbocycles. The van der Waals surface area contributed by atoms with Crippen molar-refractivity contribution in [1.29, 1.82) is 0 Å². The third-order valence-corrected chi connectivity index (χ3v) is 4.10. The van der Waals surface area contributed by atoms with Gasteiger partial charge in [-0.2, -0.15) is 0 Å². The first-order valence-corrected chi connectivity index (χ1v) is 6.46. The lowest BCUT2D eigenvalue weighted by atomic mass is 9.89. The van der Waals surface area contributed by atoms with E-state index in [-0.39, 0.29) is 5.41 Å². The molecule has 0 N–H and O–H groups in total. The molecular weight excluding hydrogens is 212 g/mol. The molecule has 0 aliphatic rings. The summed E-state index contributed by atoms with van der Waals surface area (Å²) in [5.74, 6) is 0. The molecule has 1 aromatic heterocycles. The topological polar surface area (TPSA) is 0 Å². The molecule has 0 saturated carbocycles. The van der Waals surface area contributed by atoms with Crippen LogP contribution in [0, 0.1) is 6.92 Å². The van der Waals surface area contributed by atoms with E-state index in [1.807, 2.05) is 11.3 Å². The molecule has 16 heavy (non-hydrogen) atoms. The SMILES string of the molecule is Cc1cc(-c2ccccc2)c(C(C)(C)C)s1. The van der Waals surface area contributed by atoms with Crippen molar-refractivity contribution < 1.29 is 0 Å². The summed E-state index contributed by atoms with van der Waals surface area (Å²) in [6, 6.07) is 13.0. The molecule has 2 aromatic rings. The van der Waals surface area contributed by atoms with Crippen LogP contribution in [-0.4, -0.2) is 0 Å². The number of hydrogen-bond acceptors (Lipinski definition) is 1. The standard InChI is InChI=1S/C15H18S/c1-11-10-13(12-8-6-5-7-9-12)14(16-11)15(2,3)4/h5-10H,1-4H3. The lowest BCUT2D eigenvalue weighted by Gasteiger charge is -2.19. The molecule has 2 rings (SSSR count). The van der Waals surface area contributed by atoms with Crippen LogP contribution >= 0.6 is 11.3 Å². The largest absolute Gasteiger partial charge is 0.144 e. The quantitative estimate of drug-likeness (QED) is 0.645. The second-order valence-electron chi connectivity index (χ2n) is 5.22. The zero-order valence-corrected chi connectivity index (χ0v) is 11.2. The Morgan fingerprint density at radius 3 is 2.19 bits per heavy atom. The van der Waals surface area contributed by atoms with E-state index in [1.54, 1.807) is 0 Å². The van der Waals surface area contributed by atoms with Crippen LogP contribution in [0.4, 0.5) is 0 Å². The molecule has 0 amide bonds. The predicted octanol–water partition coefficient (Wildman–Crippen LogP) is 5.02. The maximum atomic E-state index is 2.31. The van der Waals surface area contributed by atoms with Gasteiger partial charge in [0.25, 0.3) is 0 Å². The Labute approximate surface area is 102 Å². The minimum atomic E-state index is 0.226. The second-order valence-corrected chi connectivity index (χ2v) is 6.47. The van der Waals surface area contributed by atoms with Crippen LogP contribution in [0.1, 0.15) is 30.5 Å². The molecule has 1 heterocycles. The Morgan fingerprint density at radius 1 is 1.00 bits per heavy atom. The van der Waals surface area contributed by atoms with Crippen LogP contribution in [0.5, 0.6) is 0 Å². The van der Waals surface area contributed by atoms with Crippen molar-refractivity contribution in [3.63, 3.8) is 0 Å². The lowest BCUT2D eigenvalue weighted by Crippen LogP contribution is -2.09. The van der Waals surface area contributed by atoms with Crippen LogP contribution in [0.3, 0.4) is 0 Å². The monoisotopic (exact) mass is 230 g/mol. The van der Waals surface area contributed by atoms with Crippen LogP contribution in [-0.2, 0) is 5.41 Å². The maximum absolute atomic E-state index is 2.31. The van der Waals surface area contributed by atoms with E-state index >= 15 is 0 Å². The summed E-state index contributed by atoms with van der Waals surface area (Å²) in [6.45, 7) is 9.03. The number of rotatable bonds is 1. The molecule has 0 aliphatic carbocycles. The molecule has 0 bridgehead atoms. The van der Waals surface area contributed by atoms with Crippen molar-refractivity contribution >= 4 is 11.3 Å². The van der Waals surface area contributed by atoms with Gasteiger partial charge in [-0.15, -0.1) is 11.3 Å². The van der Waals surface area contributed by atoms with Crippen LogP contribution < -0.4 is 0 Å². The Hall–Kier alpha value is -1.08. The first-order valence-electron chi connectivity index (χ1n) is 5.65. The van der Waals surface area contributed by atoms with Gasteiger partial charge in [-0.3, -0.25) is 0 Å². The van der Waals surface area contributed by atoms with Gasteiger partial charge < -0.3 is 0 Å². The summed E-state index contributed by atoms with van der Waals surface area (Å²) in [5.41, 5.74) is 2.96. The van der Waals surface area contributed by atoms with Crippen molar-refractivity contribution in [1.82, 2.24) is 0 Å². The summed E-state index contributed by atoms with van der Waals surface area (Å²) in [4.78, 5) is 2.87. The molecule has 0 nitrogen and oxygen atoms in total. The number of benzene rings is 1. The summed E-state index contributed by atoms with van der Waals surface area (Å²) >= 11 is 1.92. The molecule has 0 fully saturated rings. The second kappa shape index (κ2) is 4.06. The van der Waals surface area contributed by atoms with Crippen LogP contribution in [0.2, 0.25) is 0 Å². The summed E-state index contributed by atoms with van der Waals surface area (Å²) in [6.07, 6.45) is 0. The Balaban J connectivity index is 2.58. The average Bonchev–Trinajstić information content (AvgIpc) is 2.61. The first kappa shape index (κ1) is 11.4. The molecule has 0 radical (unpaired) electrons. The Kier molecular flexibility index (Phi) is 2.90. The van der Waals surface area contributed by atoms with Crippen LogP contribution in [0.25, 0.3) is 11.1 Å². The van der Waals surface area contributed by atoms with Gasteiger partial charge in [0.05, 0.1) is 0 Å². The van der Waals surface area contributed by atoms with E-state index in [9.17, 15) is 0 Å². The zero-order chi connectivity index (χ0) is 11.8. The first-order chi connectivity index (χ1) is 7.48. The predicted molar refractivity (Wildman–Crippen MR) is 73.2 cm³/mol. The molecule has 1 heteroatoms. The van der Waals surface area contributed by atoms with Gasteiger partial charge in [0.15, 0.2) is 0 Å². The number of hydrogen-bond donors (Lipinski definition) is 0. The summed E-state index contributed by atoms with van der Waals surface area (Å²) in [7, 11) is 0. The highest BCUT2D eigenvalue weighted by Crippen LogP contribution is 2.39. The van der Waals surface area contributed by atoms with E-state index in [0.29, 0.717) is 0 Å². The minimum absolute atomic E-state index is 0.226. The van der Waals surface area contributed by atoms with Gasteiger partial charge in [-0.25, -0.2) is 0 Å². The number of thiophene rings is 1. The fourth-order valence-corrected chi connectivity index (χ4v) is 3.00. The highest BCUT2D eigenvalue weighted by Gasteiger charge is 2.21. The van der Waals surface area contributed by atoms with Crippen molar-refractivity contribution in [3.8, 4) is 11.1 Å². The van der Waals surface area contributed by atoms with Gasteiger partial charge in [-0.1, -0.05) is 51.1 Å². The van der Waals surface area contributed by atoms with Gasteiger partial charge >= 0.3 is 0 Å². The van der Waals surface area contributed by atoms with E-state index < -0.39 is 0 Å². The average molecular weight is 230 g/mol. The molecule has 0 atom stereocenters. The highest BCUT2D eigenvalue weighted by atomic mass is 32.1.